The van der Waals surface area contributed by atoms with Crippen molar-refractivity contribution < 1.29 is 0 Å². The van der Waals surface area contributed by atoms with Crippen LogP contribution in [0.4, 0.5) is 5.69 Å². The molecule has 0 spiro atoms. The highest BCUT2D eigenvalue weighted by molar-refractivity contribution is 5.40. The van der Waals surface area contributed by atoms with Crippen LogP contribution in [0.25, 0.3) is 0 Å². The minimum absolute atomic E-state index is 0.770. The highest BCUT2D eigenvalue weighted by Crippen LogP contribution is 2.14. The Morgan fingerprint density at radius 2 is 1.39 bits per heavy atom. The third-order valence-electron chi connectivity index (χ3n) is 3.58. The second-order valence-corrected chi connectivity index (χ2v) is 5.53. The summed E-state index contributed by atoms with van der Waals surface area (Å²) in [5.74, 6) is 0. The van der Waals surface area contributed by atoms with Crippen LogP contribution in [0.2, 0.25) is 0 Å². The molecule has 0 aliphatic heterocycles. The van der Waals surface area contributed by atoms with E-state index < -0.39 is 0 Å². The molecule has 116 valence electrons. The molecule has 0 aliphatic rings. The Kier molecular flexibility index (Phi) is 4.96. The van der Waals surface area contributed by atoms with Crippen molar-refractivity contribution in [1.29, 1.82) is 0 Å². The van der Waals surface area contributed by atoms with E-state index in [4.69, 9.17) is 5.73 Å². The Morgan fingerprint density at radius 1 is 0.739 bits per heavy atom. The van der Waals surface area contributed by atoms with Crippen LogP contribution in [0.5, 0.6) is 0 Å². The summed E-state index contributed by atoms with van der Waals surface area (Å²) in [4.78, 5) is 11.2. The lowest BCUT2D eigenvalue weighted by atomic mass is 10.1. The molecule has 23 heavy (non-hydrogen) atoms. The van der Waals surface area contributed by atoms with Gasteiger partial charge in [0.25, 0.3) is 0 Å². The summed E-state index contributed by atoms with van der Waals surface area (Å²) in [5.41, 5.74) is 9.97. The van der Waals surface area contributed by atoms with E-state index in [1.165, 1.54) is 5.56 Å². The second kappa shape index (κ2) is 7.51. The average molecular weight is 304 g/mol. The van der Waals surface area contributed by atoms with Gasteiger partial charge in [-0.05, 0) is 42.0 Å². The van der Waals surface area contributed by atoms with E-state index in [0.29, 0.717) is 0 Å². The number of nitrogens with two attached hydrogens (primary N) is 1. The highest BCUT2D eigenvalue weighted by Gasteiger charge is 2.10. The van der Waals surface area contributed by atoms with Gasteiger partial charge in [0.15, 0.2) is 0 Å². The summed E-state index contributed by atoms with van der Waals surface area (Å²) in [7, 11) is 0. The van der Waals surface area contributed by atoms with Crippen LogP contribution in [0, 0.1) is 0 Å². The number of nitrogen functional groups attached to an aromatic ring is 1. The van der Waals surface area contributed by atoms with Crippen LogP contribution < -0.4 is 5.73 Å². The van der Waals surface area contributed by atoms with Gasteiger partial charge in [0.1, 0.15) is 0 Å². The van der Waals surface area contributed by atoms with E-state index in [0.717, 1.165) is 36.7 Å². The number of aromatic nitrogens is 2. The first-order valence-electron chi connectivity index (χ1n) is 7.66. The third kappa shape index (κ3) is 4.63. The monoisotopic (exact) mass is 304 g/mol. The number of nitrogens with zero attached hydrogens (tertiary/aromatic N) is 3. The minimum atomic E-state index is 0.770. The zero-order valence-electron chi connectivity index (χ0n) is 13.0. The van der Waals surface area contributed by atoms with Crippen molar-refractivity contribution in [3.63, 3.8) is 0 Å². The molecule has 0 fully saturated rings. The maximum Gasteiger partial charge on any atom is 0.0544 e. The van der Waals surface area contributed by atoms with Gasteiger partial charge in [-0.1, -0.05) is 24.3 Å². The van der Waals surface area contributed by atoms with Crippen LogP contribution in [0.1, 0.15) is 17.0 Å². The van der Waals surface area contributed by atoms with Crippen molar-refractivity contribution in [1.82, 2.24) is 14.9 Å². The summed E-state index contributed by atoms with van der Waals surface area (Å²) in [6.45, 7) is 2.34. The van der Waals surface area contributed by atoms with Gasteiger partial charge in [-0.3, -0.25) is 14.9 Å². The summed E-state index contributed by atoms with van der Waals surface area (Å²) in [5, 5.41) is 0. The Hall–Kier alpha value is -2.72. The van der Waals surface area contributed by atoms with Gasteiger partial charge < -0.3 is 5.73 Å². The minimum Gasteiger partial charge on any atom is -0.399 e. The molecule has 0 saturated carbocycles. The Labute approximate surface area is 136 Å². The SMILES string of the molecule is Nc1cccc(CN(Cc2ccccn2)Cc2ccccn2)c1. The maximum atomic E-state index is 5.90. The maximum absolute atomic E-state index is 5.90. The lowest BCUT2D eigenvalue weighted by molar-refractivity contribution is 0.242. The van der Waals surface area contributed by atoms with Crippen LogP contribution in [0.3, 0.4) is 0 Å². The standard InChI is InChI=1S/C19H20N4/c20-17-7-5-6-16(12-17)13-23(14-18-8-1-3-10-21-18)15-19-9-2-4-11-22-19/h1-12H,13-15,20H2. The molecular weight excluding hydrogens is 284 g/mol. The molecule has 0 radical (unpaired) electrons. The Morgan fingerprint density at radius 3 is 1.91 bits per heavy atom. The molecule has 0 atom stereocenters. The first kappa shape index (κ1) is 15.2. The number of hydrogen-bond donors (Lipinski definition) is 1. The topological polar surface area (TPSA) is 55.0 Å². The lowest BCUT2D eigenvalue weighted by Crippen LogP contribution is -2.23. The fourth-order valence-electron chi connectivity index (χ4n) is 2.56. The molecule has 0 bridgehead atoms. The van der Waals surface area contributed by atoms with Crippen molar-refractivity contribution in [3.05, 3.63) is 90.0 Å². The van der Waals surface area contributed by atoms with Crippen LogP contribution in [-0.4, -0.2) is 14.9 Å². The van der Waals surface area contributed by atoms with Gasteiger partial charge in [0, 0.05) is 37.7 Å². The molecular formula is C19H20N4. The molecule has 0 amide bonds. The number of pyridine rings is 2. The summed E-state index contributed by atoms with van der Waals surface area (Å²) in [6, 6.07) is 20.0. The molecule has 3 aromatic rings. The molecule has 4 nitrogen and oxygen atoms in total. The van der Waals surface area contributed by atoms with Gasteiger partial charge in [0.2, 0.25) is 0 Å². The van der Waals surface area contributed by atoms with Crippen molar-refractivity contribution in [2.24, 2.45) is 0 Å². The first-order valence-corrected chi connectivity index (χ1v) is 7.66. The fourth-order valence-corrected chi connectivity index (χ4v) is 2.56. The molecule has 0 saturated heterocycles. The number of hydrogen-bond acceptors (Lipinski definition) is 4. The van der Waals surface area contributed by atoms with E-state index in [9.17, 15) is 0 Å². The van der Waals surface area contributed by atoms with E-state index in [2.05, 4.69) is 20.9 Å². The molecule has 1 aromatic carbocycles. The zero-order valence-corrected chi connectivity index (χ0v) is 13.0. The van der Waals surface area contributed by atoms with Gasteiger partial charge in [-0.15, -0.1) is 0 Å². The predicted octanol–water partition coefficient (Wildman–Crippen LogP) is 3.26. The van der Waals surface area contributed by atoms with Crippen molar-refractivity contribution in [2.45, 2.75) is 19.6 Å². The third-order valence-corrected chi connectivity index (χ3v) is 3.58. The van der Waals surface area contributed by atoms with Gasteiger partial charge in [-0.2, -0.15) is 0 Å². The quantitative estimate of drug-likeness (QED) is 0.710. The normalized spacial score (nSPS) is 10.8. The number of rotatable bonds is 6. The van der Waals surface area contributed by atoms with Crippen LogP contribution in [0.15, 0.2) is 73.1 Å². The number of anilines is 1. The lowest BCUT2D eigenvalue weighted by Gasteiger charge is -2.22. The smallest absolute Gasteiger partial charge is 0.0544 e. The summed E-state index contributed by atoms with van der Waals surface area (Å²) < 4.78 is 0. The van der Waals surface area contributed by atoms with Gasteiger partial charge >= 0.3 is 0 Å². The van der Waals surface area contributed by atoms with E-state index in [1.54, 1.807) is 0 Å². The van der Waals surface area contributed by atoms with E-state index >= 15 is 0 Å². The van der Waals surface area contributed by atoms with E-state index in [1.807, 2.05) is 67.0 Å². The number of benzene rings is 1. The predicted molar refractivity (Wildman–Crippen MR) is 92.3 cm³/mol. The zero-order chi connectivity index (χ0) is 15.9. The summed E-state index contributed by atoms with van der Waals surface area (Å²) in [6.07, 6.45) is 3.66. The van der Waals surface area contributed by atoms with Crippen molar-refractivity contribution in [2.75, 3.05) is 5.73 Å². The largest absolute Gasteiger partial charge is 0.399 e. The molecule has 4 heteroatoms. The Bertz CT molecular complexity index is 687. The molecule has 2 N–H and O–H groups in total. The molecule has 2 heterocycles. The molecule has 2 aromatic heterocycles. The molecule has 3 rings (SSSR count). The van der Waals surface area contributed by atoms with Crippen LogP contribution >= 0.6 is 0 Å². The Balaban J connectivity index is 1.77. The van der Waals surface area contributed by atoms with E-state index in [-0.39, 0.29) is 0 Å². The van der Waals surface area contributed by atoms with Crippen LogP contribution in [-0.2, 0) is 19.6 Å². The average Bonchev–Trinajstić information content (AvgIpc) is 2.57. The highest BCUT2D eigenvalue weighted by atomic mass is 15.1. The first-order chi connectivity index (χ1) is 11.3. The van der Waals surface area contributed by atoms with Gasteiger partial charge in [0.05, 0.1) is 11.4 Å². The summed E-state index contributed by atoms with van der Waals surface area (Å²) >= 11 is 0. The molecule has 0 aliphatic carbocycles. The van der Waals surface area contributed by atoms with Crippen molar-refractivity contribution >= 4 is 5.69 Å². The van der Waals surface area contributed by atoms with Gasteiger partial charge in [-0.25, -0.2) is 0 Å². The fraction of sp³-hybridized carbons (Fsp3) is 0.158. The van der Waals surface area contributed by atoms with Crippen molar-refractivity contribution in [3.8, 4) is 0 Å². The molecule has 0 unspecified atom stereocenters. The second-order valence-electron chi connectivity index (χ2n) is 5.53.